The van der Waals surface area contributed by atoms with Crippen LogP contribution < -0.4 is 10.9 Å². The molecule has 1 heterocycles. The van der Waals surface area contributed by atoms with E-state index in [4.69, 9.17) is 28.2 Å². The fraction of sp³-hybridized carbons (Fsp3) is 0.111. The van der Waals surface area contributed by atoms with E-state index in [1.807, 2.05) is 56.4 Å². The molecule has 3 rings (SSSR count). The quantitative estimate of drug-likeness (QED) is 0.531. The van der Waals surface area contributed by atoms with Crippen LogP contribution in [0.25, 0.3) is 11.0 Å². The minimum atomic E-state index is 0.504. The van der Waals surface area contributed by atoms with Gasteiger partial charge in [-0.05, 0) is 55.5 Å². The van der Waals surface area contributed by atoms with Gasteiger partial charge in [0.2, 0.25) is 5.55 Å². The van der Waals surface area contributed by atoms with Crippen LogP contribution in [-0.2, 0) is 0 Å². The van der Waals surface area contributed by atoms with Gasteiger partial charge in [-0.15, -0.1) is 0 Å². The maximum atomic E-state index is 6.04. The fourth-order valence-electron chi connectivity index (χ4n) is 2.26. The van der Waals surface area contributed by atoms with Gasteiger partial charge in [-0.3, -0.25) is 0 Å². The first kappa shape index (κ1) is 15.7. The van der Waals surface area contributed by atoms with Crippen molar-refractivity contribution in [3.05, 3.63) is 64.7 Å². The number of rotatable bonds is 3. The van der Waals surface area contributed by atoms with Crippen molar-refractivity contribution in [2.45, 2.75) is 6.92 Å². The minimum Gasteiger partial charge on any atom is -0.438 e. The van der Waals surface area contributed by atoms with Crippen LogP contribution in [0.4, 0.5) is 11.4 Å². The molecular formula is C18H15ClN2OS. The van der Waals surface area contributed by atoms with Crippen molar-refractivity contribution in [1.82, 2.24) is 0 Å². The normalized spacial score (nSPS) is 11.7. The van der Waals surface area contributed by atoms with Crippen LogP contribution in [0.2, 0.25) is 5.02 Å². The third kappa shape index (κ3) is 3.44. The van der Waals surface area contributed by atoms with E-state index >= 15 is 0 Å². The van der Waals surface area contributed by atoms with E-state index in [-0.39, 0.29) is 0 Å². The molecule has 116 valence electrons. The Bertz CT molecular complexity index is 945. The Morgan fingerprint density at radius 1 is 1.13 bits per heavy atom. The lowest BCUT2D eigenvalue weighted by molar-refractivity contribution is 0.543. The van der Waals surface area contributed by atoms with Gasteiger partial charge in [-0.1, -0.05) is 23.8 Å². The highest BCUT2D eigenvalue weighted by molar-refractivity contribution is 7.80. The lowest BCUT2D eigenvalue weighted by Gasteiger charge is -2.04. The molecule has 0 radical (unpaired) electrons. The van der Waals surface area contributed by atoms with Crippen molar-refractivity contribution in [3.8, 4) is 0 Å². The zero-order valence-electron chi connectivity index (χ0n) is 12.8. The molecule has 0 aliphatic carbocycles. The predicted octanol–water partition coefficient (Wildman–Crippen LogP) is 5.10. The third-order valence-corrected chi connectivity index (χ3v) is 3.93. The maximum absolute atomic E-state index is 6.04. The van der Waals surface area contributed by atoms with Crippen LogP contribution in [0.15, 0.2) is 57.9 Å². The molecule has 0 unspecified atom stereocenters. The number of benzene rings is 2. The minimum absolute atomic E-state index is 0.504. The first-order chi connectivity index (χ1) is 11.1. The summed E-state index contributed by atoms with van der Waals surface area (Å²) in [7, 11) is 1.88. The van der Waals surface area contributed by atoms with Gasteiger partial charge in [0.15, 0.2) is 0 Å². The van der Waals surface area contributed by atoms with Gasteiger partial charge < -0.3 is 9.73 Å². The Kier molecular flexibility index (Phi) is 4.46. The van der Waals surface area contributed by atoms with Crippen molar-refractivity contribution in [1.29, 1.82) is 0 Å². The van der Waals surface area contributed by atoms with Crippen LogP contribution >= 0.6 is 23.8 Å². The highest BCUT2D eigenvalue weighted by Gasteiger charge is 2.06. The van der Waals surface area contributed by atoms with Gasteiger partial charge in [0.25, 0.3) is 0 Å². The largest absolute Gasteiger partial charge is 0.438 e. The molecule has 2 aromatic carbocycles. The Morgan fingerprint density at radius 3 is 2.52 bits per heavy atom. The summed E-state index contributed by atoms with van der Waals surface area (Å²) < 4.78 is 5.94. The number of hydrogen-bond acceptors (Lipinski definition) is 4. The smallest absolute Gasteiger partial charge is 0.228 e. The van der Waals surface area contributed by atoms with E-state index in [2.05, 4.69) is 10.3 Å². The third-order valence-electron chi connectivity index (χ3n) is 3.47. The molecule has 0 saturated heterocycles. The van der Waals surface area contributed by atoms with E-state index in [1.54, 1.807) is 6.07 Å². The highest BCUT2D eigenvalue weighted by Crippen LogP contribution is 2.20. The van der Waals surface area contributed by atoms with Gasteiger partial charge in [0.1, 0.15) is 5.58 Å². The second-order valence-electron chi connectivity index (χ2n) is 5.11. The topological polar surface area (TPSA) is 37.5 Å². The van der Waals surface area contributed by atoms with Crippen LogP contribution in [0.1, 0.15) is 12.5 Å². The lowest BCUT2D eigenvalue weighted by atomic mass is 10.1. The monoisotopic (exact) mass is 342 g/mol. The summed E-state index contributed by atoms with van der Waals surface area (Å²) in [4.78, 5) is 5.32. The molecule has 3 aromatic rings. The molecule has 0 aliphatic heterocycles. The van der Waals surface area contributed by atoms with Gasteiger partial charge in [0, 0.05) is 28.0 Å². The average molecular weight is 343 g/mol. The molecule has 0 spiro atoms. The molecule has 0 atom stereocenters. The number of halogens is 1. The Labute approximate surface area is 144 Å². The number of hydrogen-bond donors (Lipinski definition) is 1. The molecule has 0 aliphatic rings. The second-order valence-corrected chi connectivity index (χ2v) is 6.16. The summed E-state index contributed by atoms with van der Waals surface area (Å²) in [6, 6.07) is 15.2. The Balaban J connectivity index is 2.21. The molecule has 0 amide bonds. The summed E-state index contributed by atoms with van der Waals surface area (Å²) in [5, 5.41) is 4.64. The maximum Gasteiger partial charge on any atom is 0.228 e. The molecule has 5 heteroatoms. The van der Waals surface area contributed by atoms with Crippen molar-refractivity contribution in [2.75, 3.05) is 12.4 Å². The SMILES string of the molecule is CNc1ccc(/N=c2\oc3ccc(Cl)cc3cc2C(C)=S)cc1. The summed E-state index contributed by atoms with van der Waals surface area (Å²) in [6.45, 7) is 1.86. The van der Waals surface area contributed by atoms with Crippen LogP contribution in [0.3, 0.4) is 0 Å². The number of anilines is 1. The number of thiocarbonyl (C=S) groups is 1. The molecule has 0 saturated carbocycles. The lowest BCUT2D eigenvalue weighted by Crippen LogP contribution is -2.12. The van der Waals surface area contributed by atoms with E-state index in [0.29, 0.717) is 10.6 Å². The van der Waals surface area contributed by atoms with E-state index < -0.39 is 0 Å². The van der Waals surface area contributed by atoms with Crippen molar-refractivity contribution >= 4 is 51.0 Å². The van der Waals surface area contributed by atoms with E-state index in [1.165, 1.54) is 0 Å². The molecule has 1 N–H and O–H groups in total. The molecule has 23 heavy (non-hydrogen) atoms. The van der Waals surface area contributed by atoms with Gasteiger partial charge in [-0.2, -0.15) is 0 Å². The molecule has 1 aromatic heterocycles. The number of fused-ring (bicyclic) bond motifs is 1. The second kappa shape index (κ2) is 6.52. The predicted molar refractivity (Wildman–Crippen MR) is 99.8 cm³/mol. The van der Waals surface area contributed by atoms with Gasteiger partial charge in [-0.25, -0.2) is 4.99 Å². The molecule has 3 nitrogen and oxygen atoms in total. The van der Waals surface area contributed by atoms with E-state index in [9.17, 15) is 0 Å². The van der Waals surface area contributed by atoms with Gasteiger partial charge >= 0.3 is 0 Å². The van der Waals surface area contributed by atoms with Crippen LogP contribution in [-0.4, -0.2) is 11.9 Å². The summed E-state index contributed by atoms with van der Waals surface area (Å²) in [5.41, 5.74) is 3.86. The van der Waals surface area contributed by atoms with Crippen LogP contribution in [0, 0.1) is 0 Å². The molecular weight excluding hydrogens is 328 g/mol. The van der Waals surface area contributed by atoms with Gasteiger partial charge in [0.05, 0.1) is 11.3 Å². The average Bonchev–Trinajstić information content (AvgIpc) is 2.55. The first-order valence-corrected chi connectivity index (χ1v) is 7.92. The van der Waals surface area contributed by atoms with E-state index in [0.717, 1.165) is 32.8 Å². The molecule has 0 bridgehead atoms. The fourth-order valence-corrected chi connectivity index (χ4v) is 2.58. The number of nitrogens with zero attached hydrogens (tertiary/aromatic N) is 1. The summed E-state index contributed by atoms with van der Waals surface area (Å²) in [5.74, 6) is 0. The molecule has 0 fully saturated rings. The van der Waals surface area contributed by atoms with Crippen molar-refractivity contribution < 1.29 is 4.42 Å². The summed E-state index contributed by atoms with van der Waals surface area (Å²) >= 11 is 11.4. The van der Waals surface area contributed by atoms with Crippen LogP contribution in [0.5, 0.6) is 0 Å². The van der Waals surface area contributed by atoms with Crippen molar-refractivity contribution in [2.24, 2.45) is 4.99 Å². The van der Waals surface area contributed by atoms with Crippen molar-refractivity contribution in [3.63, 3.8) is 0 Å². The zero-order valence-corrected chi connectivity index (χ0v) is 14.3. The Hall–Kier alpha value is -2.17. The Morgan fingerprint density at radius 2 is 1.87 bits per heavy atom. The first-order valence-electron chi connectivity index (χ1n) is 7.14. The highest BCUT2D eigenvalue weighted by atomic mass is 35.5. The zero-order chi connectivity index (χ0) is 16.4. The standard InChI is InChI=1S/C18H15ClN2OS/c1-11(23)16-10-12-9-13(19)3-8-17(12)22-18(16)21-15-6-4-14(20-2)5-7-15/h3-10,20H,1-2H3/b21-18-. The number of nitrogens with one attached hydrogen (secondary N) is 1. The summed E-state index contributed by atoms with van der Waals surface area (Å²) in [6.07, 6.45) is 0.